The Bertz CT molecular complexity index is 839. The highest BCUT2D eigenvalue weighted by molar-refractivity contribution is 5.82. The molecule has 0 heterocycles. The summed E-state index contributed by atoms with van der Waals surface area (Å²) in [4.78, 5) is 18.9. The lowest BCUT2D eigenvalue weighted by Gasteiger charge is -2.11. The summed E-state index contributed by atoms with van der Waals surface area (Å²) in [5, 5.41) is 9.82. The number of ether oxygens (including phenoxy) is 2. The van der Waals surface area contributed by atoms with E-state index >= 15 is 0 Å². The summed E-state index contributed by atoms with van der Waals surface area (Å²) >= 11 is 0. The van der Waals surface area contributed by atoms with Gasteiger partial charge in [0.2, 0.25) is 5.91 Å². The molecule has 0 saturated heterocycles. The van der Waals surface area contributed by atoms with E-state index in [2.05, 4.69) is 38.6 Å². The van der Waals surface area contributed by atoms with Crippen LogP contribution in [0.15, 0.2) is 48.5 Å². The third-order valence-electron chi connectivity index (χ3n) is 5.03. The zero-order valence-electron chi connectivity index (χ0n) is 24.1. The molecule has 2 rings (SSSR count). The zero-order chi connectivity index (χ0) is 29.6. The second-order valence-electron chi connectivity index (χ2n) is 8.69. The molecule has 0 aliphatic carbocycles. The lowest BCUT2D eigenvalue weighted by atomic mass is 10.1. The number of unbranched alkanes of at least 4 members (excludes halogenated alkanes) is 2. The molecule has 0 saturated carbocycles. The maximum absolute atomic E-state index is 11.5. The van der Waals surface area contributed by atoms with Gasteiger partial charge in [0.15, 0.2) is 5.78 Å². The van der Waals surface area contributed by atoms with E-state index in [1.807, 2.05) is 36.4 Å². The van der Waals surface area contributed by atoms with E-state index in [1.165, 1.54) is 25.3 Å². The average molecular weight is 540 g/mol. The van der Waals surface area contributed by atoms with Crippen LogP contribution in [0.1, 0.15) is 90.9 Å². The predicted octanol–water partition coefficient (Wildman–Crippen LogP) is 7.07. The Morgan fingerprint density at radius 2 is 1.39 bits per heavy atom. The summed E-state index contributed by atoms with van der Waals surface area (Å²) in [6, 6.07) is 15.9. The minimum atomic E-state index is -3.14. The van der Waals surface area contributed by atoms with Crippen LogP contribution in [0.2, 0.25) is 0 Å². The Labute approximate surface area is 227 Å². The number of carbonyl (C=O) groups is 2. The van der Waals surface area contributed by atoms with Crippen molar-refractivity contribution in [1.29, 1.82) is 0 Å². The lowest BCUT2D eigenvalue weighted by molar-refractivity contribution is -0.138. The van der Waals surface area contributed by atoms with Crippen LogP contribution in [0.25, 0.3) is 0 Å². The number of nitrogens with two attached hydrogens (primary N) is 1. The molecule has 216 valence electrons. The molecule has 38 heavy (non-hydrogen) atoms. The second kappa shape index (κ2) is 22.0. The molecule has 0 unspecified atom stereocenters. The van der Waals surface area contributed by atoms with Crippen molar-refractivity contribution in [3.05, 3.63) is 59.7 Å². The van der Waals surface area contributed by atoms with E-state index in [9.17, 15) is 23.5 Å². The van der Waals surface area contributed by atoms with Crippen LogP contribution in [0.3, 0.4) is 0 Å². The molecule has 0 bridgehead atoms. The number of methoxy groups -OCH3 is 1. The molecule has 8 heteroatoms. The van der Waals surface area contributed by atoms with E-state index in [0.29, 0.717) is 6.92 Å². The van der Waals surface area contributed by atoms with Gasteiger partial charge in [-0.05, 0) is 54.7 Å². The Kier molecular flexibility index (Phi) is 21.5. The summed E-state index contributed by atoms with van der Waals surface area (Å²) in [6.07, 6.45) is 6.10. The third-order valence-corrected chi connectivity index (χ3v) is 5.03. The van der Waals surface area contributed by atoms with E-state index in [4.69, 9.17) is 9.47 Å². The van der Waals surface area contributed by atoms with Gasteiger partial charge >= 0.3 is 5.92 Å². The van der Waals surface area contributed by atoms with Gasteiger partial charge in [0, 0.05) is 20.8 Å². The van der Waals surface area contributed by atoms with Gasteiger partial charge in [0.1, 0.15) is 11.5 Å². The van der Waals surface area contributed by atoms with Gasteiger partial charge in [-0.25, -0.2) is 0 Å². The van der Waals surface area contributed by atoms with Crippen LogP contribution in [-0.4, -0.2) is 36.4 Å². The molecule has 0 radical (unpaired) electrons. The quantitative estimate of drug-likeness (QED) is 0.298. The fourth-order valence-corrected chi connectivity index (χ4v) is 2.63. The number of ketones is 1. The number of alkyl halides is 2. The molecule has 3 N–H and O–H groups in total. The number of carbonyl (C=O) groups excluding carboxylic acids is 2. The molecule has 0 aliphatic heterocycles. The maximum atomic E-state index is 11.5. The second-order valence-corrected chi connectivity index (χ2v) is 8.69. The fraction of sp³-hybridized carbons (Fsp3) is 0.533. The SMILES string of the molecule is CC(=O)C(C)(F)F.CC(N)=O.CCCCCOc1ccc([C@@H](O)CCC)cc1.CCc1ccc(OC)cc1. The number of aryl methyl sites for hydroxylation is 1. The number of Topliss-reactive ketones (excluding diaryl/α,β-unsaturated/α-hetero) is 1. The van der Waals surface area contributed by atoms with E-state index in [0.717, 1.165) is 56.3 Å². The number of halogens is 2. The number of hydrogen-bond donors (Lipinski definition) is 2. The highest BCUT2D eigenvalue weighted by Gasteiger charge is 2.26. The molecule has 0 aliphatic rings. The molecular weight excluding hydrogens is 492 g/mol. The minimum absolute atomic E-state index is 0.333. The summed E-state index contributed by atoms with van der Waals surface area (Å²) in [7, 11) is 1.68. The minimum Gasteiger partial charge on any atom is -0.497 e. The number of hydrogen-bond acceptors (Lipinski definition) is 5. The van der Waals surface area contributed by atoms with Gasteiger partial charge < -0.3 is 20.3 Å². The van der Waals surface area contributed by atoms with Crippen molar-refractivity contribution in [2.24, 2.45) is 5.73 Å². The normalized spacial score (nSPS) is 10.8. The standard InChI is InChI=1S/C15H24O2.C9H12O.C4H6F2O.C2H5NO/c1-3-5-6-12-17-14-10-8-13(9-11-14)15(16)7-4-2;1-3-8-4-6-9(10-2)7-5-8;1-3(7)4(2,5)6;1-2(3)4/h8-11,15-16H,3-7,12H2,1-2H3;4-7H,3H2,1-2H3;1-2H3;1H3,(H2,3,4)/t15-;;;/m0.../s1. The van der Waals surface area contributed by atoms with Crippen LogP contribution in [0, 0.1) is 0 Å². The van der Waals surface area contributed by atoms with E-state index in [-0.39, 0.29) is 12.0 Å². The molecule has 0 aromatic heterocycles. The Morgan fingerprint density at radius 1 is 0.921 bits per heavy atom. The largest absolute Gasteiger partial charge is 0.497 e. The number of rotatable bonds is 11. The third kappa shape index (κ3) is 21.1. The van der Waals surface area contributed by atoms with Crippen LogP contribution < -0.4 is 15.2 Å². The van der Waals surface area contributed by atoms with E-state index < -0.39 is 11.7 Å². The first-order valence-electron chi connectivity index (χ1n) is 13.0. The molecule has 1 amide bonds. The van der Waals surface area contributed by atoms with Crippen molar-refractivity contribution in [2.75, 3.05) is 13.7 Å². The summed E-state index contributed by atoms with van der Waals surface area (Å²) in [5.41, 5.74) is 6.80. The first kappa shape index (κ1) is 37.2. The Balaban J connectivity index is 0. The Morgan fingerprint density at radius 3 is 1.76 bits per heavy atom. The van der Waals surface area contributed by atoms with Gasteiger partial charge in [-0.3, -0.25) is 9.59 Å². The van der Waals surface area contributed by atoms with Gasteiger partial charge in [-0.15, -0.1) is 0 Å². The number of benzene rings is 2. The van der Waals surface area contributed by atoms with Crippen molar-refractivity contribution in [1.82, 2.24) is 0 Å². The molecule has 0 spiro atoms. The van der Waals surface area contributed by atoms with Crippen LogP contribution in [0.5, 0.6) is 11.5 Å². The average Bonchev–Trinajstić information content (AvgIpc) is 2.87. The molecule has 6 nitrogen and oxygen atoms in total. The monoisotopic (exact) mass is 539 g/mol. The van der Waals surface area contributed by atoms with Gasteiger partial charge in [-0.2, -0.15) is 8.78 Å². The first-order chi connectivity index (χ1) is 17.8. The van der Waals surface area contributed by atoms with E-state index in [1.54, 1.807) is 7.11 Å². The number of aliphatic hydroxyl groups is 1. The van der Waals surface area contributed by atoms with Crippen molar-refractivity contribution < 1.29 is 33.0 Å². The highest BCUT2D eigenvalue weighted by Crippen LogP contribution is 2.21. The number of amides is 1. The zero-order valence-corrected chi connectivity index (χ0v) is 24.1. The Hall–Kier alpha value is -3.00. The molecule has 1 atom stereocenters. The van der Waals surface area contributed by atoms with Crippen LogP contribution in [-0.2, 0) is 16.0 Å². The topological polar surface area (TPSA) is 98.9 Å². The maximum Gasteiger partial charge on any atom is 0.302 e. The van der Waals surface area contributed by atoms with Crippen molar-refractivity contribution >= 4 is 11.7 Å². The van der Waals surface area contributed by atoms with Gasteiger partial charge in [0.25, 0.3) is 0 Å². The first-order valence-corrected chi connectivity index (χ1v) is 13.0. The summed E-state index contributed by atoms with van der Waals surface area (Å²) in [5.74, 6) is -2.74. The van der Waals surface area contributed by atoms with Gasteiger partial charge in [0.05, 0.1) is 19.8 Å². The molecule has 0 fully saturated rings. The highest BCUT2D eigenvalue weighted by atomic mass is 19.3. The van der Waals surface area contributed by atoms with Crippen molar-refractivity contribution in [3.63, 3.8) is 0 Å². The predicted molar refractivity (Wildman–Crippen MR) is 150 cm³/mol. The van der Waals surface area contributed by atoms with Crippen molar-refractivity contribution in [3.8, 4) is 11.5 Å². The number of aliphatic hydroxyl groups excluding tert-OH is 1. The van der Waals surface area contributed by atoms with Crippen molar-refractivity contribution in [2.45, 2.75) is 92.1 Å². The fourth-order valence-electron chi connectivity index (χ4n) is 2.63. The number of primary amides is 1. The molecule has 2 aromatic carbocycles. The van der Waals surface area contributed by atoms with Crippen LogP contribution >= 0.6 is 0 Å². The summed E-state index contributed by atoms with van der Waals surface area (Å²) < 4.78 is 33.6. The smallest absolute Gasteiger partial charge is 0.302 e. The lowest BCUT2D eigenvalue weighted by Crippen LogP contribution is -2.20. The molecule has 2 aromatic rings. The molecular formula is C30H47F2NO5. The summed E-state index contributed by atoms with van der Waals surface area (Å²) in [6.45, 7) is 9.93. The van der Waals surface area contributed by atoms with Crippen LogP contribution in [0.4, 0.5) is 8.78 Å². The van der Waals surface area contributed by atoms with Gasteiger partial charge in [-0.1, -0.05) is 64.3 Å².